The highest BCUT2D eigenvalue weighted by Gasteiger charge is 2.17. The highest BCUT2D eigenvalue weighted by molar-refractivity contribution is 5.94. The van der Waals surface area contributed by atoms with Crippen LogP contribution in [0.3, 0.4) is 0 Å². The maximum Gasteiger partial charge on any atom is 0.347 e. The van der Waals surface area contributed by atoms with E-state index in [0.717, 1.165) is 5.56 Å². The van der Waals surface area contributed by atoms with Crippen molar-refractivity contribution in [3.05, 3.63) is 71.8 Å². The summed E-state index contributed by atoms with van der Waals surface area (Å²) in [6.07, 6.45) is 4.11. The standard InChI is InChI=1S/C20H18O5/c21-19-12-11-15-7-1-3-9-17(15)25-20(22)16-8-2-4-10-18(16)23-13-5-6-14-24-19/h1-10H,11-14H2/b6-5+. The molecule has 0 aromatic heterocycles. The van der Waals surface area contributed by atoms with Crippen LogP contribution in [0.4, 0.5) is 0 Å². The maximum absolute atomic E-state index is 12.6. The fourth-order valence-corrected chi connectivity index (χ4v) is 2.45. The van der Waals surface area contributed by atoms with Gasteiger partial charge in [0.15, 0.2) is 0 Å². The highest BCUT2D eigenvalue weighted by Crippen LogP contribution is 2.24. The van der Waals surface area contributed by atoms with Gasteiger partial charge in [-0.15, -0.1) is 0 Å². The van der Waals surface area contributed by atoms with Gasteiger partial charge in [0.05, 0.1) is 0 Å². The first-order valence-electron chi connectivity index (χ1n) is 8.06. The molecule has 0 bridgehead atoms. The first kappa shape index (κ1) is 16.8. The highest BCUT2D eigenvalue weighted by atomic mass is 16.5. The summed E-state index contributed by atoms with van der Waals surface area (Å²) in [6, 6.07) is 14.1. The van der Waals surface area contributed by atoms with Gasteiger partial charge in [-0.1, -0.05) is 30.3 Å². The number of carbonyl (C=O) groups is 2. The molecular weight excluding hydrogens is 320 g/mol. The summed E-state index contributed by atoms with van der Waals surface area (Å²) >= 11 is 0. The van der Waals surface area contributed by atoms with Gasteiger partial charge in [0.2, 0.25) is 0 Å². The number of carbonyl (C=O) groups excluding carboxylic acids is 2. The van der Waals surface area contributed by atoms with Crippen molar-refractivity contribution in [1.82, 2.24) is 0 Å². The Kier molecular flexibility index (Phi) is 5.46. The molecule has 0 aliphatic carbocycles. The van der Waals surface area contributed by atoms with E-state index in [2.05, 4.69) is 0 Å². The number of aryl methyl sites for hydroxylation is 1. The fraction of sp³-hybridized carbons (Fsp3) is 0.200. The van der Waals surface area contributed by atoms with Gasteiger partial charge in [-0.2, -0.15) is 0 Å². The van der Waals surface area contributed by atoms with Crippen molar-refractivity contribution < 1.29 is 23.8 Å². The molecule has 1 aliphatic rings. The summed E-state index contributed by atoms with van der Waals surface area (Å²) in [7, 11) is 0. The molecule has 1 aliphatic heterocycles. The third-order valence-electron chi connectivity index (χ3n) is 3.72. The Morgan fingerprint density at radius 3 is 2.24 bits per heavy atom. The summed E-state index contributed by atoms with van der Waals surface area (Å²) in [5.74, 6) is 0.0823. The second kappa shape index (κ2) is 8.15. The van der Waals surface area contributed by atoms with Crippen LogP contribution in [-0.4, -0.2) is 25.2 Å². The summed E-state index contributed by atoms with van der Waals surface area (Å²) in [5.41, 5.74) is 1.13. The van der Waals surface area contributed by atoms with E-state index in [-0.39, 0.29) is 25.6 Å². The van der Waals surface area contributed by atoms with Crippen LogP contribution in [-0.2, 0) is 16.0 Å². The Bertz CT molecular complexity index is 794. The predicted molar refractivity (Wildman–Crippen MR) is 91.8 cm³/mol. The third-order valence-corrected chi connectivity index (χ3v) is 3.72. The molecule has 1 heterocycles. The van der Waals surface area contributed by atoms with Crippen molar-refractivity contribution in [3.8, 4) is 11.5 Å². The van der Waals surface area contributed by atoms with E-state index < -0.39 is 5.97 Å². The number of ether oxygens (including phenoxy) is 3. The van der Waals surface area contributed by atoms with Crippen molar-refractivity contribution in [3.63, 3.8) is 0 Å². The Morgan fingerprint density at radius 2 is 1.40 bits per heavy atom. The van der Waals surface area contributed by atoms with Gasteiger partial charge >= 0.3 is 11.9 Å². The lowest BCUT2D eigenvalue weighted by Crippen LogP contribution is -2.12. The first-order valence-corrected chi connectivity index (χ1v) is 8.06. The van der Waals surface area contributed by atoms with Crippen LogP contribution >= 0.6 is 0 Å². The second-order valence-corrected chi connectivity index (χ2v) is 5.46. The van der Waals surface area contributed by atoms with Crippen molar-refractivity contribution >= 4 is 11.9 Å². The average molecular weight is 338 g/mol. The number of fused-ring (bicyclic) bond motifs is 2. The molecule has 0 saturated heterocycles. The average Bonchev–Trinajstić information content (AvgIpc) is 2.64. The van der Waals surface area contributed by atoms with Crippen LogP contribution in [0, 0.1) is 0 Å². The first-order chi connectivity index (χ1) is 12.2. The van der Waals surface area contributed by atoms with E-state index in [9.17, 15) is 9.59 Å². The Morgan fingerprint density at radius 1 is 0.720 bits per heavy atom. The lowest BCUT2D eigenvalue weighted by Gasteiger charge is -2.12. The molecule has 0 fully saturated rings. The minimum atomic E-state index is -0.496. The number of cyclic esters (lactones) is 1. The third kappa shape index (κ3) is 4.47. The molecule has 2 aromatic carbocycles. The number of esters is 2. The molecule has 0 spiro atoms. The fourth-order valence-electron chi connectivity index (χ4n) is 2.45. The molecule has 25 heavy (non-hydrogen) atoms. The number of hydrogen-bond donors (Lipinski definition) is 0. The van der Waals surface area contributed by atoms with Crippen LogP contribution in [0.2, 0.25) is 0 Å². The van der Waals surface area contributed by atoms with Crippen molar-refractivity contribution in [2.45, 2.75) is 12.8 Å². The zero-order valence-corrected chi connectivity index (χ0v) is 13.6. The van der Waals surface area contributed by atoms with E-state index in [4.69, 9.17) is 14.2 Å². The van der Waals surface area contributed by atoms with Gasteiger partial charge in [-0.25, -0.2) is 4.79 Å². The molecule has 3 rings (SSSR count). The minimum Gasteiger partial charge on any atom is -0.489 e. The van der Waals surface area contributed by atoms with Crippen LogP contribution in [0.25, 0.3) is 0 Å². The van der Waals surface area contributed by atoms with E-state index in [0.29, 0.717) is 23.5 Å². The second-order valence-electron chi connectivity index (χ2n) is 5.46. The van der Waals surface area contributed by atoms with E-state index >= 15 is 0 Å². The lowest BCUT2D eigenvalue weighted by molar-refractivity contribution is -0.142. The van der Waals surface area contributed by atoms with Gasteiger partial charge < -0.3 is 14.2 Å². The van der Waals surface area contributed by atoms with E-state index in [1.165, 1.54) is 0 Å². The molecule has 0 saturated carbocycles. The van der Waals surface area contributed by atoms with Crippen LogP contribution in [0.15, 0.2) is 60.7 Å². The van der Waals surface area contributed by atoms with Gasteiger partial charge in [0, 0.05) is 6.42 Å². The van der Waals surface area contributed by atoms with Crippen molar-refractivity contribution in [2.75, 3.05) is 13.2 Å². The number of hydrogen-bond acceptors (Lipinski definition) is 5. The van der Waals surface area contributed by atoms with Crippen LogP contribution in [0.5, 0.6) is 11.5 Å². The van der Waals surface area contributed by atoms with Gasteiger partial charge in [0.1, 0.15) is 30.3 Å². The Hall–Kier alpha value is -3.08. The largest absolute Gasteiger partial charge is 0.489 e. The minimum absolute atomic E-state index is 0.195. The number of para-hydroxylation sites is 2. The summed E-state index contributed by atoms with van der Waals surface area (Å²) in [5, 5.41) is 0. The maximum atomic E-state index is 12.6. The van der Waals surface area contributed by atoms with Gasteiger partial charge in [0.25, 0.3) is 0 Å². The molecule has 0 atom stereocenters. The molecule has 0 N–H and O–H groups in total. The van der Waals surface area contributed by atoms with E-state index in [1.807, 2.05) is 12.1 Å². The summed E-state index contributed by atoms with van der Waals surface area (Å²) in [6.45, 7) is 0.458. The molecular formula is C20H18O5. The molecule has 0 amide bonds. The predicted octanol–water partition coefficient (Wildman–Crippen LogP) is 3.33. The molecule has 5 nitrogen and oxygen atoms in total. The molecule has 128 valence electrons. The summed E-state index contributed by atoms with van der Waals surface area (Å²) in [4.78, 5) is 24.3. The van der Waals surface area contributed by atoms with Gasteiger partial charge in [-0.05, 0) is 42.3 Å². The zero-order valence-electron chi connectivity index (χ0n) is 13.6. The normalized spacial score (nSPS) is 16.8. The van der Waals surface area contributed by atoms with Gasteiger partial charge in [-0.3, -0.25) is 4.79 Å². The Balaban J connectivity index is 1.91. The quantitative estimate of drug-likeness (QED) is 0.419. The molecule has 5 heteroatoms. The molecule has 0 radical (unpaired) electrons. The summed E-state index contributed by atoms with van der Waals surface area (Å²) < 4.78 is 16.3. The number of rotatable bonds is 0. The van der Waals surface area contributed by atoms with E-state index in [1.54, 1.807) is 48.6 Å². The SMILES string of the molecule is O=C1CCc2ccccc2OC(=O)c2ccccc2OC/C=C/CO1. The zero-order chi connectivity index (χ0) is 17.5. The number of benzene rings is 2. The van der Waals surface area contributed by atoms with Crippen molar-refractivity contribution in [1.29, 1.82) is 0 Å². The monoisotopic (exact) mass is 338 g/mol. The van der Waals surface area contributed by atoms with Crippen LogP contribution < -0.4 is 9.47 Å². The Labute approximate surface area is 145 Å². The topological polar surface area (TPSA) is 61.8 Å². The van der Waals surface area contributed by atoms with Crippen LogP contribution in [0.1, 0.15) is 22.3 Å². The molecule has 0 unspecified atom stereocenters. The smallest absolute Gasteiger partial charge is 0.347 e. The van der Waals surface area contributed by atoms with Crippen molar-refractivity contribution in [2.24, 2.45) is 0 Å². The lowest BCUT2D eigenvalue weighted by atomic mass is 10.1. The molecule has 2 aromatic rings.